The van der Waals surface area contributed by atoms with Gasteiger partial charge in [-0.2, -0.15) is 4.98 Å². The number of aliphatic hydroxyl groups is 1. The molecule has 2 heterocycles. The molecule has 1 aliphatic heterocycles. The van der Waals surface area contributed by atoms with E-state index in [1.807, 2.05) is 13.8 Å². The van der Waals surface area contributed by atoms with Gasteiger partial charge in [-0.15, -0.1) is 0 Å². The smallest absolute Gasteiger partial charge is 0.416 e. The number of alkyl halides is 3. The zero-order chi connectivity index (χ0) is 27.7. The van der Waals surface area contributed by atoms with Gasteiger partial charge < -0.3 is 24.6 Å². The van der Waals surface area contributed by atoms with Crippen molar-refractivity contribution in [3.05, 3.63) is 82.4 Å². The van der Waals surface area contributed by atoms with Crippen molar-refractivity contribution in [3.8, 4) is 11.5 Å². The van der Waals surface area contributed by atoms with Gasteiger partial charge in [0.15, 0.2) is 18.0 Å². The molecule has 3 N–H and O–H groups in total. The van der Waals surface area contributed by atoms with E-state index in [1.165, 1.54) is 6.07 Å². The second kappa shape index (κ2) is 11.0. The van der Waals surface area contributed by atoms with Crippen LogP contribution in [0.5, 0.6) is 11.5 Å². The molecule has 0 bridgehead atoms. The number of hydrogen-bond acceptors (Lipinski definition) is 9. The third kappa shape index (κ3) is 5.87. The molecule has 2 aromatic carbocycles. The Labute approximate surface area is 221 Å². The molecule has 0 spiro atoms. The molecule has 1 saturated heterocycles. The first-order valence-corrected chi connectivity index (χ1v) is 13.9. The van der Waals surface area contributed by atoms with E-state index in [0.717, 1.165) is 17.3 Å². The number of aromatic nitrogens is 2. The van der Waals surface area contributed by atoms with E-state index < -0.39 is 49.5 Å². The molecule has 14 heteroatoms. The van der Waals surface area contributed by atoms with E-state index >= 15 is 4.39 Å². The highest BCUT2D eigenvalue weighted by Crippen LogP contribution is 2.53. The standard InChI is InChI=1S/C24H25F3N3O6PS/c1-14-3-7-16(8-4-14)35-37(38,36-17-9-5-15(2)6-10-17)33-13-24(22(26)27)20(25)19(31)21(34-24)30-12-11-18(28)29-23(30)32/h3-12,19-22,31H,13H2,1-2H3,(H2,28,29,32)/t19-,20+,21-,24-/m1/s1. The van der Waals surface area contributed by atoms with Crippen LogP contribution in [0.25, 0.3) is 0 Å². The lowest BCUT2D eigenvalue weighted by Crippen LogP contribution is -2.50. The maximum Gasteiger partial charge on any atom is 0.435 e. The number of halogens is 3. The zero-order valence-corrected chi connectivity index (χ0v) is 22.0. The minimum atomic E-state index is -3.91. The van der Waals surface area contributed by atoms with Crippen LogP contribution >= 0.6 is 6.72 Å². The summed E-state index contributed by atoms with van der Waals surface area (Å²) in [5.74, 6) is 0.318. The Kier molecular flexibility index (Phi) is 8.15. The minimum absolute atomic E-state index is 0.152. The molecule has 9 nitrogen and oxygen atoms in total. The minimum Gasteiger partial charge on any atom is -0.416 e. The van der Waals surface area contributed by atoms with Gasteiger partial charge in [-0.1, -0.05) is 35.4 Å². The summed E-state index contributed by atoms with van der Waals surface area (Å²) in [5.41, 5.74) is 3.27. The maximum absolute atomic E-state index is 15.4. The molecule has 1 aliphatic rings. The average molecular weight is 572 g/mol. The number of nitrogens with two attached hydrogens (primary N) is 1. The Morgan fingerprint density at radius 2 is 1.63 bits per heavy atom. The van der Waals surface area contributed by atoms with Gasteiger partial charge in [0.2, 0.25) is 0 Å². The monoisotopic (exact) mass is 571 g/mol. The van der Waals surface area contributed by atoms with Gasteiger partial charge in [0.05, 0.1) is 6.61 Å². The van der Waals surface area contributed by atoms with Crippen LogP contribution in [0.4, 0.5) is 19.0 Å². The van der Waals surface area contributed by atoms with Gasteiger partial charge in [-0.25, -0.2) is 18.0 Å². The summed E-state index contributed by atoms with van der Waals surface area (Å²) < 4.78 is 67.3. The third-order valence-electron chi connectivity index (χ3n) is 5.82. The van der Waals surface area contributed by atoms with Crippen molar-refractivity contribution in [3.63, 3.8) is 0 Å². The molecule has 4 rings (SSSR count). The van der Waals surface area contributed by atoms with Crippen LogP contribution in [0.2, 0.25) is 0 Å². The molecule has 0 radical (unpaired) electrons. The van der Waals surface area contributed by atoms with Crippen LogP contribution in [0.1, 0.15) is 17.4 Å². The van der Waals surface area contributed by atoms with E-state index in [0.29, 0.717) is 4.57 Å². The molecule has 1 aromatic heterocycles. The van der Waals surface area contributed by atoms with E-state index in [4.69, 9.17) is 35.8 Å². The highest BCUT2D eigenvalue weighted by molar-refractivity contribution is 8.07. The first-order chi connectivity index (χ1) is 17.9. The number of ether oxygens (including phenoxy) is 1. The Hall–Kier alpha value is -2.96. The van der Waals surface area contributed by atoms with Crippen molar-refractivity contribution in [1.29, 1.82) is 0 Å². The predicted octanol–water partition coefficient (Wildman–Crippen LogP) is 4.07. The van der Waals surface area contributed by atoms with Crippen molar-refractivity contribution in [2.24, 2.45) is 0 Å². The molecule has 0 saturated carbocycles. The number of nitrogens with zero attached hydrogens (tertiary/aromatic N) is 2. The quantitative estimate of drug-likeness (QED) is 0.367. The second-order valence-electron chi connectivity index (χ2n) is 8.73. The number of aryl methyl sites for hydroxylation is 2. The number of nitrogen functional groups attached to an aromatic ring is 1. The Morgan fingerprint density at radius 3 is 2.11 bits per heavy atom. The van der Waals surface area contributed by atoms with Gasteiger partial charge in [-0.3, -0.25) is 9.09 Å². The van der Waals surface area contributed by atoms with Crippen LogP contribution in [0.3, 0.4) is 0 Å². The summed E-state index contributed by atoms with van der Waals surface area (Å²) in [7, 11) is 0. The molecule has 38 heavy (non-hydrogen) atoms. The van der Waals surface area contributed by atoms with Crippen LogP contribution in [0.15, 0.2) is 65.6 Å². The fourth-order valence-corrected chi connectivity index (χ4v) is 5.63. The van der Waals surface area contributed by atoms with Crippen molar-refractivity contribution < 1.29 is 36.6 Å². The lowest BCUT2D eigenvalue weighted by molar-refractivity contribution is -0.183. The summed E-state index contributed by atoms with van der Waals surface area (Å²) in [4.78, 5) is 15.7. The highest BCUT2D eigenvalue weighted by Gasteiger charge is 2.62. The molecule has 0 aliphatic carbocycles. The predicted molar refractivity (Wildman–Crippen MR) is 137 cm³/mol. The summed E-state index contributed by atoms with van der Waals surface area (Å²) in [6.07, 6.45) is -9.13. The van der Waals surface area contributed by atoms with Gasteiger partial charge in [0, 0.05) is 18.0 Å². The van der Waals surface area contributed by atoms with Crippen molar-refractivity contribution in [1.82, 2.24) is 9.55 Å². The molecule has 4 atom stereocenters. The number of benzene rings is 2. The van der Waals surface area contributed by atoms with Crippen molar-refractivity contribution >= 4 is 24.3 Å². The first-order valence-electron chi connectivity index (χ1n) is 11.3. The highest BCUT2D eigenvalue weighted by atomic mass is 32.5. The van der Waals surface area contributed by atoms with Crippen LogP contribution in [-0.2, 0) is 21.1 Å². The normalized spacial score (nSPS) is 23.5. The van der Waals surface area contributed by atoms with Crippen LogP contribution in [0, 0.1) is 13.8 Å². The van der Waals surface area contributed by atoms with Gasteiger partial charge in [0.25, 0.3) is 6.43 Å². The summed E-state index contributed by atoms with van der Waals surface area (Å²) in [5, 5.41) is 10.5. The Morgan fingerprint density at radius 1 is 1.11 bits per heavy atom. The fraction of sp³-hybridized carbons (Fsp3) is 0.333. The molecular formula is C24H25F3N3O6PS. The SMILES string of the molecule is Cc1ccc(OP(=S)(OC[C@@]2(C(F)F)O[C@@H](n3ccc(N)nc3=O)[C@H](O)[C@@H]2F)Oc2ccc(C)cc2)cc1. The molecule has 204 valence electrons. The largest absolute Gasteiger partial charge is 0.435 e. The van der Waals surface area contributed by atoms with Crippen molar-refractivity contribution in [2.45, 2.75) is 44.4 Å². The molecule has 1 fully saturated rings. The van der Waals surface area contributed by atoms with Gasteiger partial charge >= 0.3 is 12.4 Å². The lowest BCUT2D eigenvalue weighted by Gasteiger charge is -2.32. The van der Waals surface area contributed by atoms with Gasteiger partial charge in [-0.05, 0) is 44.2 Å². The number of hydrogen-bond donors (Lipinski definition) is 2. The Bertz CT molecular complexity index is 1330. The van der Waals surface area contributed by atoms with Gasteiger partial charge in [0.1, 0.15) is 23.4 Å². The summed E-state index contributed by atoms with van der Waals surface area (Å²) in [6.45, 7) is -1.36. The van der Waals surface area contributed by atoms with Crippen LogP contribution < -0.4 is 20.5 Å². The molecular weight excluding hydrogens is 546 g/mol. The Balaban J connectivity index is 1.64. The zero-order valence-electron chi connectivity index (χ0n) is 20.2. The van der Waals surface area contributed by atoms with Crippen LogP contribution in [-0.4, -0.2) is 45.6 Å². The average Bonchev–Trinajstić information content (AvgIpc) is 3.12. The fourth-order valence-electron chi connectivity index (χ4n) is 3.69. The molecule has 3 aromatic rings. The second-order valence-corrected chi connectivity index (χ2v) is 11.6. The number of aliphatic hydroxyl groups excluding tert-OH is 1. The summed E-state index contributed by atoms with van der Waals surface area (Å²) in [6, 6.07) is 14.5. The third-order valence-corrected chi connectivity index (χ3v) is 7.90. The number of anilines is 1. The summed E-state index contributed by atoms with van der Waals surface area (Å²) >= 11 is 5.51. The van der Waals surface area contributed by atoms with E-state index in [2.05, 4.69) is 4.98 Å². The number of rotatable bonds is 9. The van der Waals surface area contributed by atoms with E-state index in [9.17, 15) is 18.7 Å². The maximum atomic E-state index is 15.4. The van der Waals surface area contributed by atoms with E-state index in [-0.39, 0.29) is 17.3 Å². The van der Waals surface area contributed by atoms with Crippen molar-refractivity contribution in [2.75, 3.05) is 12.3 Å². The molecule has 0 unspecified atom stereocenters. The molecule has 0 amide bonds. The lowest BCUT2D eigenvalue weighted by atomic mass is 9.98. The topological polar surface area (TPSA) is 118 Å². The first kappa shape index (κ1) is 28.1. The van der Waals surface area contributed by atoms with E-state index in [1.54, 1.807) is 48.5 Å².